The topological polar surface area (TPSA) is 92.1 Å². The number of rotatable bonds is 3. The quantitative estimate of drug-likeness (QED) is 0.503. The van der Waals surface area contributed by atoms with Crippen LogP contribution in [0.5, 0.6) is 0 Å². The molecule has 3 rings (SSSR count). The van der Waals surface area contributed by atoms with E-state index >= 15 is 0 Å². The Morgan fingerprint density at radius 2 is 1.36 bits per heavy atom. The molecular weight excluding hydrogens is 314 g/mol. The van der Waals surface area contributed by atoms with Crippen LogP contribution in [-0.2, 0) is 11.8 Å². The van der Waals surface area contributed by atoms with E-state index in [-0.39, 0.29) is 5.84 Å². The Labute approximate surface area is 146 Å². The van der Waals surface area contributed by atoms with Gasteiger partial charge in [-0.1, -0.05) is 54.6 Å². The fourth-order valence-electron chi connectivity index (χ4n) is 2.52. The Morgan fingerprint density at radius 3 is 1.80 bits per heavy atom. The van der Waals surface area contributed by atoms with E-state index in [4.69, 9.17) is 21.0 Å². The van der Waals surface area contributed by atoms with Crippen LogP contribution in [0.15, 0.2) is 66.7 Å². The summed E-state index contributed by atoms with van der Waals surface area (Å²) in [6.07, 6.45) is 0. The summed E-state index contributed by atoms with van der Waals surface area (Å²) in [5, 5.41) is 14.9. The van der Waals surface area contributed by atoms with Gasteiger partial charge in [-0.05, 0) is 23.3 Å². The molecule has 5 nitrogen and oxygen atoms in total. The van der Waals surface area contributed by atoms with E-state index in [1.165, 1.54) is 11.3 Å². The largest absolute Gasteiger partial charge is 0.481 e. The summed E-state index contributed by atoms with van der Waals surface area (Å²) in [5.41, 5.74) is 10.9. The molecule has 4 N–H and O–H groups in total. The first-order valence-corrected chi connectivity index (χ1v) is 7.75. The number of hydrogen-bond acceptors (Lipinski definition) is 2. The predicted octanol–water partition coefficient (Wildman–Crippen LogP) is 3.73. The predicted molar refractivity (Wildman–Crippen MR) is 101 cm³/mol. The van der Waals surface area contributed by atoms with Crippen LogP contribution in [0.3, 0.4) is 0 Å². The van der Waals surface area contributed by atoms with E-state index in [1.54, 1.807) is 0 Å². The first kappa shape index (κ1) is 18.0. The van der Waals surface area contributed by atoms with Crippen LogP contribution < -0.4 is 5.73 Å². The van der Waals surface area contributed by atoms with Gasteiger partial charge in [0.2, 0.25) is 0 Å². The van der Waals surface area contributed by atoms with Crippen LogP contribution in [0.2, 0.25) is 0 Å². The van der Waals surface area contributed by atoms with Gasteiger partial charge in [0.15, 0.2) is 0 Å². The van der Waals surface area contributed by atoms with Crippen molar-refractivity contribution < 1.29 is 9.90 Å². The molecule has 0 saturated carbocycles. The molecule has 1 aromatic heterocycles. The van der Waals surface area contributed by atoms with Gasteiger partial charge in [0.05, 0.1) is 0 Å². The molecule has 0 fully saturated rings. The maximum absolute atomic E-state index is 9.00. The van der Waals surface area contributed by atoms with Crippen molar-refractivity contribution in [2.75, 3.05) is 0 Å². The number of carboxylic acid groups (broad SMARTS) is 1. The molecule has 25 heavy (non-hydrogen) atoms. The molecule has 0 atom stereocenters. The Hall–Kier alpha value is -3.34. The molecule has 5 heteroatoms. The Bertz CT molecular complexity index is 862. The zero-order chi connectivity index (χ0) is 18.4. The van der Waals surface area contributed by atoms with Crippen molar-refractivity contribution in [2.24, 2.45) is 12.8 Å². The Balaban J connectivity index is 0.000000511. The molecule has 0 spiro atoms. The number of amidine groups is 1. The molecule has 0 bridgehead atoms. The average molecular weight is 335 g/mol. The highest BCUT2D eigenvalue weighted by molar-refractivity contribution is 5.95. The molecule has 0 aliphatic heterocycles. The molecule has 2 aromatic carbocycles. The number of nitrogens with zero attached hydrogens (tertiary/aromatic N) is 1. The first-order valence-electron chi connectivity index (χ1n) is 7.75. The van der Waals surface area contributed by atoms with Crippen LogP contribution in [0.1, 0.15) is 12.5 Å². The third-order valence-electron chi connectivity index (χ3n) is 3.68. The second-order valence-corrected chi connectivity index (χ2v) is 5.54. The standard InChI is InChI=1S/C18H17N3.C2H4O2/c1-21-16(13-5-3-2-4-6-13)11-12-17(21)14-7-9-15(10-8-14)18(19)20;1-2(3)4/h2-12H,1H3,(H3,19,20);1H3,(H,3,4). The van der Waals surface area contributed by atoms with E-state index in [9.17, 15) is 0 Å². The maximum Gasteiger partial charge on any atom is 0.300 e. The number of nitrogens with one attached hydrogen (secondary N) is 1. The lowest BCUT2D eigenvalue weighted by atomic mass is 10.1. The summed E-state index contributed by atoms with van der Waals surface area (Å²) in [6.45, 7) is 1.08. The summed E-state index contributed by atoms with van der Waals surface area (Å²) in [5.74, 6) is -0.738. The van der Waals surface area contributed by atoms with Gasteiger partial charge >= 0.3 is 0 Å². The number of carboxylic acids is 1. The van der Waals surface area contributed by atoms with Crippen LogP contribution in [0.4, 0.5) is 0 Å². The van der Waals surface area contributed by atoms with Gasteiger partial charge in [-0.3, -0.25) is 10.2 Å². The van der Waals surface area contributed by atoms with Gasteiger partial charge in [0.1, 0.15) is 5.84 Å². The highest BCUT2D eigenvalue weighted by atomic mass is 16.4. The van der Waals surface area contributed by atoms with Gasteiger partial charge in [-0.15, -0.1) is 0 Å². The van der Waals surface area contributed by atoms with Gasteiger partial charge in [-0.2, -0.15) is 0 Å². The minimum absolute atomic E-state index is 0.0957. The molecule has 1 heterocycles. The number of aliphatic carboxylic acids is 1. The zero-order valence-corrected chi connectivity index (χ0v) is 14.2. The fourth-order valence-corrected chi connectivity index (χ4v) is 2.52. The summed E-state index contributed by atoms with van der Waals surface area (Å²) < 4.78 is 2.18. The lowest BCUT2D eigenvalue weighted by Gasteiger charge is -2.09. The number of hydrogen-bond donors (Lipinski definition) is 3. The van der Waals surface area contributed by atoms with Crippen molar-refractivity contribution in [3.05, 3.63) is 72.3 Å². The molecule has 128 valence electrons. The van der Waals surface area contributed by atoms with E-state index in [0.29, 0.717) is 0 Å². The van der Waals surface area contributed by atoms with Gasteiger partial charge in [0.25, 0.3) is 5.97 Å². The zero-order valence-electron chi connectivity index (χ0n) is 14.2. The summed E-state index contributed by atoms with van der Waals surface area (Å²) >= 11 is 0. The number of benzene rings is 2. The highest BCUT2D eigenvalue weighted by Gasteiger charge is 2.08. The normalized spacial score (nSPS) is 9.84. The smallest absolute Gasteiger partial charge is 0.300 e. The summed E-state index contributed by atoms with van der Waals surface area (Å²) in [7, 11) is 2.07. The fraction of sp³-hybridized carbons (Fsp3) is 0.100. The number of carbonyl (C=O) groups is 1. The summed E-state index contributed by atoms with van der Waals surface area (Å²) in [4.78, 5) is 9.00. The molecule has 3 aromatic rings. The second kappa shape index (κ2) is 7.97. The first-order chi connectivity index (χ1) is 11.9. The minimum Gasteiger partial charge on any atom is -0.481 e. The van der Waals surface area contributed by atoms with Crippen LogP contribution in [0, 0.1) is 5.41 Å². The van der Waals surface area contributed by atoms with Crippen molar-refractivity contribution in [3.8, 4) is 22.5 Å². The van der Waals surface area contributed by atoms with Crippen LogP contribution >= 0.6 is 0 Å². The average Bonchev–Trinajstić information content (AvgIpc) is 2.97. The van der Waals surface area contributed by atoms with Gasteiger partial charge in [-0.25, -0.2) is 0 Å². The van der Waals surface area contributed by atoms with Crippen molar-refractivity contribution in [3.63, 3.8) is 0 Å². The van der Waals surface area contributed by atoms with Crippen molar-refractivity contribution >= 4 is 11.8 Å². The molecule has 0 aliphatic carbocycles. The molecular formula is C20H21N3O2. The third kappa shape index (κ3) is 4.57. The SMILES string of the molecule is CC(=O)O.Cn1c(-c2ccccc2)ccc1-c1ccc(C(=N)N)cc1. The summed E-state index contributed by atoms with van der Waals surface area (Å²) in [6, 6.07) is 22.3. The van der Waals surface area contributed by atoms with Crippen molar-refractivity contribution in [1.82, 2.24) is 4.57 Å². The van der Waals surface area contributed by atoms with E-state index in [1.807, 2.05) is 42.5 Å². The Morgan fingerprint density at radius 1 is 0.920 bits per heavy atom. The van der Waals surface area contributed by atoms with Crippen molar-refractivity contribution in [1.29, 1.82) is 5.41 Å². The van der Waals surface area contributed by atoms with Crippen molar-refractivity contribution in [2.45, 2.75) is 6.92 Å². The van der Waals surface area contributed by atoms with Crippen LogP contribution in [-0.4, -0.2) is 21.5 Å². The van der Waals surface area contributed by atoms with E-state index in [0.717, 1.165) is 23.7 Å². The highest BCUT2D eigenvalue weighted by Crippen LogP contribution is 2.27. The van der Waals surface area contributed by atoms with Crippen LogP contribution in [0.25, 0.3) is 22.5 Å². The van der Waals surface area contributed by atoms with E-state index < -0.39 is 5.97 Å². The Kier molecular flexibility index (Phi) is 5.74. The maximum atomic E-state index is 9.00. The molecule has 0 amide bonds. The van der Waals surface area contributed by atoms with Gasteiger partial charge in [0, 0.05) is 30.9 Å². The molecule has 0 saturated heterocycles. The lowest BCUT2D eigenvalue weighted by Crippen LogP contribution is -2.10. The lowest BCUT2D eigenvalue weighted by molar-refractivity contribution is -0.134. The monoisotopic (exact) mass is 335 g/mol. The third-order valence-corrected chi connectivity index (χ3v) is 3.68. The molecule has 0 aliphatic rings. The number of nitrogens with two attached hydrogens (primary N) is 1. The molecule has 0 unspecified atom stereocenters. The van der Waals surface area contributed by atoms with E-state index in [2.05, 4.69) is 35.9 Å². The number of aromatic nitrogens is 1. The second-order valence-electron chi connectivity index (χ2n) is 5.54. The molecule has 0 radical (unpaired) electrons. The minimum atomic E-state index is -0.833. The number of nitrogen functional groups attached to an aromatic ring is 1. The van der Waals surface area contributed by atoms with Gasteiger partial charge < -0.3 is 15.4 Å².